The van der Waals surface area contributed by atoms with Gasteiger partial charge in [0.1, 0.15) is 0 Å². The molecule has 2 heterocycles. The SMILES string of the molecule is COc1ccc(-c2ccc(-c3cccs3)cc2)s1. The zero-order chi connectivity index (χ0) is 12.4. The van der Waals surface area contributed by atoms with Crippen molar-refractivity contribution < 1.29 is 4.74 Å². The molecule has 90 valence electrons. The van der Waals surface area contributed by atoms with Crippen molar-refractivity contribution in [3.63, 3.8) is 0 Å². The van der Waals surface area contributed by atoms with Crippen LogP contribution in [0.2, 0.25) is 0 Å². The molecule has 0 amide bonds. The van der Waals surface area contributed by atoms with Crippen LogP contribution in [0.15, 0.2) is 53.9 Å². The molecule has 3 aromatic rings. The van der Waals surface area contributed by atoms with E-state index in [0.29, 0.717) is 0 Å². The molecule has 0 spiro atoms. The van der Waals surface area contributed by atoms with E-state index in [4.69, 9.17) is 4.74 Å². The van der Waals surface area contributed by atoms with E-state index in [-0.39, 0.29) is 0 Å². The topological polar surface area (TPSA) is 9.23 Å². The summed E-state index contributed by atoms with van der Waals surface area (Å²) in [5, 5.41) is 3.06. The van der Waals surface area contributed by atoms with Crippen LogP contribution in [-0.2, 0) is 0 Å². The zero-order valence-electron chi connectivity index (χ0n) is 9.92. The standard InChI is InChI=1S/C15H12OS2/c1-16-15-9-8-14(18-15)12-6-4-11(5-7-12)13-3-2-10-17-13/h2-10H,1H3. The largest absolute Gasteiger partial charge is 0.487 e. The van der Waals surface area contributed by atoms with Gasteiger partial charge >= 0.3 is 0 Å². The molecule has 3 heteroatoms. The van der Waals surface area contributed by atoms with Gasteiger partial charge in [0, 0.05) is 9.75 Å². The van der Waals surface area contributed by atoms with Crippen molar-refractivity contribution in [2.24, 2.45) is 0 Å². The Bertz CT molecular complexity index is 621. The second-order valence-corrected chi connectivity index (χ2v) is 5.87. The molecule has 0 unspecified atom stereocenters. The first-order valence-corrected chi connectivity index (χ1v) is 7.34. The molecule has 18 heavy (non-hydrogen) atoms. The first kappa shape index (κ1) is 11.5. The predicted molar refractivity (Wildman–Crippen MR) is 79.6 cm³/mol. The Morgan fingerprint density at radius 2 is 1.56 bits per heavy atom. The Morgan fingerprint density at radius 1 is 0.833 bits per heavy atom. The fourth-order valence-corrected chi connectivity index (χ4v) is 3.39. The van der Waals surface area contributed by atoms with Gasteiger partial charge in [-0.25, -0.2) is 0 Å². The van der Waals surface area contributed by atoms with E-state index in [1.807, 2.05) is 6.07 Å². The summed E-state index contributed by atoms with van der Waals surface area (Å²) < 4.78 is 5.22. The van der Waals surface area contributed by atoms with E-state index < -0.39 is 0 Å². The van der Waals surface area contributed by atoms with Crippen molar-refractivity contribution in [2.45, 2.75) is 0 Å². The lowest BCUT2D eigenvalue weighted by molar-refractivity contribution is 0.427. The molecule has 3 rings (SSSR count). The quantitative estimate of drug-likeness (QED) is 0.640. The third kappa shape index (κ3) is 2.19. The van der Waals surface area contributed by atoms with Crippen molar-refractivity contribution >= 4 is 22.7 Å². The maximum absolute atomic E-state index is 5.22. The maximum atomic E-state index is 5.22. The molecule has 0 aliphatic rings. The molecule has 0 saturated carbocycles. The Morgan fingerprint density at radius 3 is 2.11 bits per heavy atom. The highest BCUT2D eigenvalue weighted by Crippen LogP contribution is 2.34. The number of thiophene rings is 2. The summed E-state index contributed by atoms with van der Waals surface area (Å²) in [4.78, 5) is 2.55. The van der Waals surface area contributed by atoms with Gasteiger partial charge in [0.2, 0.25) is 0 Å². The minimum absolute atomic E-state index is 0.951. The molecule has 1 nitrogen and oxygen atoms in total. The molecule has 0 radical (unpaired) electrons. The monoisotopic (exact) mass is 272 g/mol. The number of hydrogen-bond donors (Lipinski definition) is 0. The number of methoxy groups -OCH3 is 1. The molecule has 0 N–H and O–H groups in total. The fraction of sp³-hybridized carbons (Fsp3) is 0.0667. The summed E-state index contributed by atoms with van der Waals surface area (Å²) in [6, 6.07) is 17.0. The third-order valence-corrected chi connectivity index (χ3v) is 4.77. The minimum Gasteiger partial charge on any atom is -0.487 e. The molecule has 0 aliphatic heterocycles. The second kappa shape index (κ2) is 4.96. The summed E-state index contributed by atoms with van der Waals surface area (Å²) in [6.07, 6.45) is 0. The summed E-state index contributed by atoms with van der Waals surface area (Å²) >= 11 is 3.44. The van der Waals surface area contributed by atoms with Gasteiger partial charge in [0.05, 0.1) is 7.11 Å². The highest BCUT2D eigenvalue weighted by molar-refractivity contribution is 7.17. The summed E-state index contributed by atoms with van der Waals surface area (Å²) in [6.45, 7) is 0. The number of hydrogen-bond acceptors (Lipinski definition) is 3. The fourth-order valence-electron chi connectivity index (χ4n) is 1.83. The van der Waals surface area contributed by atoms with E-state index in [1.165, 1.54) is 20.9 Å². The second-order valence-electron chi connectivity index (χ2n) is 3.88. The summed E-state index contributed by atoms with van der Waals surface area (Å²) in [5.74, 6) is 0. The molecule has 2 aromatic heterocycles. The van der Waals surface area contributed by atoms with Gasteiger partial charge in [-0.2, -0.15) is 0 Å². The van der Waals surface area contributed by atoms with Crippen molar-refractivity contribution in [1.82, 2.24) is 0 Å². The van der Waals surface area contributed by atoms with Gasteiger partial charge in [-0.3, -0.25) is 0 Å². The predicted octanol–water partition coefficient (Wildman–Crippen LogP) is 5.15. The highest BCUT2D eigenvalue weighted by atomic mass is 32.1. The molecule has 1 aromatic carbocycles. The molecule has 0 aliphatic carbocycles. The number of benzene rings is 1. The molecule has 0 bridgehead atoms. The van der Waals surface area contributed by atoms with Crippen molar-refractivity contribution in [3.05, 3.63) is 53.9 Å². The van der Waals surface area contributed by atoms with Crippen LogP contribution in [0.5, 0.6) is 5.06 Å². The van der Waals surface area contributed by atoms with Gasteiger partial charge in [-0.15, -0.1) is 11.3 Å². The number of rotatable bonds is 3. The van der Waals surface area contributed by atoms with Crippen LogP contribution in [-0.4, -0.2) is 7.11 Å². The van der Waals surface area contributed by atoms with Crippen LogP contribution >= 0.6 is 22.7 Å². The van der Waals surface area contributed by atoms with Gasteiger partial charge in [-0.05, 0) is 34.7 Å². The molecule has 0 atom stereocenters. The maximum Gasteiger partial charge on any atom is 0.173 e. The third-order valence-electron chi connectivity index (χ3n) is 2.76. The van der Waals surface area contributed by atoms with E-state index in [2.05, 4.69) is 47.8 Å². The van der Waals surface area contributed by atoms with Crippen molar-refractivity contribution in [1.29, 1.82) is 0 Å². The molecular formula is C15H12OS2. The normalized spacial score (nSPS) is 10.5. The molecule has 0 saturated heterocycles. The van der Waals surface area contributed by atoms with E-state index in [1.54, 1.807) is 29.8 Å². The Hall–Kier alpha value is -1.58. The van der Waals surface area contributed by atoms with E-state index in [9.17, 15) is 0 Å². The van der Waals surface area contributed by atoms with Crippen LogP contribution < -0.4 is 4.74 Å². The smallest absolute Gasteiger partial charge is 0.173 e. The lowest BCUT2D eigenvalue weighted by Crippen LogP contribution is -1.75. The van der Waals surface area contributed by atoms with Gasteiger partial charge in [0.15, 0.2) is 5.06 Å². The van der Waals surface area contributed by atoms with Crippen LogP contribution in [0.25, 0.3) is 20.9 Å². The summed E-state index contributed by atoms with van der Waals surface area (Å²) in [5.41, 5.74) is 2.51. The lowest BCUT2D eigenvalue weighted by atomic mass is 10.1. The van der Waals surface area contributed by atoms with Gasteiger partial charge in [0.25, 0.3) is 0 Å². The number of ether oxygens (including phenoxy) is 1. The van der Waals surface area contributed by atoms with Gasteiger partial charge in [-0.1, -0.05) is 41.7 Å². The first-order valence-electron chi connectivity index (χ1n) is 5.65. The Kier molecular flexibility index (Phi) is 3.17. The highest BCUT2D eigenvalue weighted by Gasteiger charge is 2.04. The average molecular weight is 272 g/mol. The van der Waals surface area contributed by atoms with Crippen LogP contribution in [0, 0.1) is 0 Å². The zero-order valence-corrected chi connectivity index (χ0v) is 11.6. The Balaban J connectivity index is 1.91. The van der Waals surface area contributed by atoms with E-state index in [0.717, 1.165) is 5.06 Å². The Labute approximate surface area is 114 Å². The molecule has 0 fully saturated rings. The van der Waals surface area contributed by atoms with Crippen LogP contribution in [0.1, 0.15) is 0 Å². The van der Waals surface area contributed by atoms with Crippen molar-refractivity contribution in [2.75, 3.05) is 7.11 Å². The minimum atomic E-state index is 0.951. The lowest BCUT2D eigenvalue weighted by Gasteiger charge is -2.00. The average Bonchev–Trinajstić information content (AvgIpc) is 3.10. The first-order chi connectivity index (χ1) is 8.86. The van der Waals surface area contributed by atoms with Crippen molar-refractivity contribution in [3.8, 4) is 25.9 Å². The van der Waals surface area contributed by atoms with Crippen LogP contribution in [0.4, 0.5) is 0 Å². The van der Waals surface area contributed by atoms with Crippen LogP contribution in [0.3, 0.4) is 0 Å². The molecular weight excluding hydrogens is 260 g/mol. The van der Waals surface area contributed by atoms with E-state index >= 15 is 0 Å². The van der Waals surface area contributed by atoms with Gasteiger partial charge < -0.3 is 4.74 Å². The summed E-state index contributed by atoms with van der Waals surface area (Å²) in [7, 11) is 1.70.